The van der Waals surface area contributed by atoms with E-state index in [1.165, 1.54) is 6.20 Å². The van der Waals surface area contributed by atoms with Crippen molar-refractivity contribution < 1.29 is 14.3 Å². The minimum Gasteiger partial charge on any atom is -0.439 e. The second-order valence-corrected chi connectivity index (χ2v) is 7.88. The van der Waals surface area contributed by atoms with E-state index in [1.807, 2.05) is 62.4 Å². The van der Waals surface area contributed by atoms with Gasteiger partial charge in [-0.15, -0.1) is 0 Å². The molecule has 1 heterocycles. The normalized spacial score (nSPS) is 10.5. The molecule has 2 amide bonds. The molecule has 0 spiro atoms. The molecule has 7 heteroatoms. The van der Waals surface area contributed by atoms with Gasteiger partial charge in [0.05, 0.1) is 5.56 Å². The Morgan fingerprint density at radius 3 is 2.47 bits per heavy atom. The van der Waals surface area contributed by atoms with Gasteiger partial charge in [-0.2, -0.15) is 0 Å². The van der Waals surface area contributed by atoms with Crippen molar-refractivity contribution >= 4 is 33.4 Å². The number of amides is 2. The van der Waals surface area contributed by atoms with Gasteiger partial charge >= 0.3 is 0 Å². The van der Waals surface area contributed by atoms with E-state index >= 15 is 0 Å². The van der Waals surface area contributed by atoms with Crippen molar-refractivity contribution in [2.45, 2.75) is 20.4 Å². The van der Waals surface area contributed by atoms with Crippen LogP contribution in [0.15, 0.2) is 71.3 Å². The molecule has 2 N–H and O–H groups in total. The van der Waals surface area contributed by atoms with Crippen LogP contribution in [0.3, 0.4) is 0 Å². The summed E-state index contributed by atoms with van der Waals surface area (Å²) in [5.74, 6) is 0.722. The largest absolute Gasteiger partial charge is 0.439 e. The molecule has 2 aromatic carbocycles. The maximum Gasteiger partial charge on any atom is 0.253 e. The molecular formula is C23H22BrN3O3. The maximum atomic E-state index is 12.4. The Labute approximate surface area is 183 Å². The first kappa shape index (κ1) is 21.5. The molecule has 0 saturated heterocycles. The lowest BCUT2D eigenvalue weighted by Gasteiger charge is -2.09. The average molecular weight is 468 g/mol. The van der Waals surface area contributed by atoms with Gasteiger partial charge < -0.3 is 15.4 Å². The minimum absolute atomic E-state index is 0.0316. The molecule has 30 heavy (non-hydrogen) atoms. The van der Waals surface area contributed by atoms with Gasteiger partial charge in [-0.25, -0.2) is 4.98 Å². The van der Waals surface area contributed by atoms with E-state index in [0.29, 0.717) is 23.7 Å². The molecule has 0 atom stereocenters. The summed E-state index contributed by atoms with van der Waals surface area (Å²) in [7, 11) is 0. The van der Waals surface area contributed by atoms with Crippen LogP contribution in [0, 0.1) is 5.92 Å². The molecular weight excluding hydrogens is 446 g/mol. The van der Waals surface area contributed by atoms with Crippen LogP contribution in [-0.2, 0) is 11.3 Å². The Morgan fingerprint density at radius 2 is 1.83 bits per heavy atom. The van der Waals surface area contributed by atoms with Crippen molar-refractivity contribution in [3.05, 3.63) is 82.5 Å². The number of carbonyl (C=O) groups is 2. The van der Waals surface area contributed by atoms with Gasteiger partial charge in [0.1, 0.15) is 5.75 Å². The monoisotopic (exact) mass is 467 g/mol. The highest BCUT2D eigenvalue weighted by Crippen LogP contribution is 2.23. The highest BCUT2D eigenvalue weighted by Gasteiger charge is 2.09. The fourth-order valence-corrected chi connectivity index (χ4v) is 2.88. The van der Waals surface area contributed by atoms with E-state index in [9.17, 15) is 9.59 Å². The number of anilines is 1. The van der Waals surface area contributed by atoms with Crippen LogP contribution in [0.5, 0.6) is 11.6 Å². The zero-order chi connectivity index (χ0) is 21.5. The number of nitrogens with one attached hydrogen (secondary N) is 2. The molecule has 3 rings (SSSR count). The van der Waals surface area contributed by atoms with Gasteiger partial charge in [0.15, 0.2) is 0 Å². The molecule has 0 saturated carbocycles. The lowest BCUT2D eigenvalue weighted by molar-refractivity contribution is -0.118. The summed E-state index contributed by atoms with van der Waals surface area (Å²) in [5.41, 5.74) is 2.10. The zero-order valence-corrected chi connectivity index (χ0v) is 18.3. The third-order valence-electron chi connectivity index (χ3n) is 4.22. The lowest BCUT2D eigenvalue weighted by Crippen LogP contribution is -2.23. The summed E-state index contributed by atoms with van der Waals surface area (Å²) in [6.45, 7) is 4.05. The molecule has 0 unspecified atom stereocenters. The number of hydrogen-bond acceptors (Lipinski definition) is 4. The number of halogens is 1. The van der Waals surface area contributed by atoms with Gasteiger partial charge in [0, 0.05) is 34.9 Å². The molecule has 6 nitrogen and oxygen atoms in total. The number of rotatable bonds is 7. The number of carbonyl (C=O) groups excluding carboxylic acids is 2. The fraction of sp³-hybridized carbons (Fsp3) is 0.174. The predicted octanol–water partition coefficient (Wildman–Crippen LogP) is 5.16. The summed E-state index contributed by atoms with van der Waals surface area (Å²) in [6, 6.07) is 18.1. The van der Waals surface area contributed by atoms with Crippen LogP contribution in [0.1, 0.15) is 29.8 Å². The van der Waals surface area contributed by atoms with E-state index in [1.54, 1.807) is 12.1 Å². The topological polar surface area (TPSA) is 80.3 Å². The Balaban J connectivity index is 1.53. The van der Waals surface area contributed by atoms with Gasteiger partial charge in [0.2, 0.25) is 11.8 Å². The van der Waals surface area contributed by atoms with Crippen LogP contribution in [0.25, 0.3) is 0 Å². The third kappa shape index (κ3) is 6.15. The predicted molar refractivity (Wildman–Crippen MR) is 120 cm³/mol. The van der Waals surface area contributed by atoms with Crippen molar-refractivity contribution in [3.63, 3.8) is 0 Å². The van der Waals surface area contributed by atoms with E-state index in [0.717, 1.165) is 15.7 Å². The lowest BCUT2D eigenvalue weighted by atomic mass is 10.1. The number of ether oxygens (including phenoxy) is 1. The Bertz CT molecular complexity index is 1020. The fourth-order valence-electron chi connectivity index (χ4n) is 2.50. The zero-order valence-electron chi connectivity index (χ0n) is 16.7. The standard InChI is InChI=1S/C23H22BrN3O3/c1-15(2)22(28)27-19-9-6-16(7-10-19)13-26-23(29)17-8-11-21(25-14-17)30-20-5-3-4-18(24)12-20/h3-12,14-15H,13H2,1-2H3,(H,26,29)(H,27,28). The van der Waals surface area contributed by atoms with Crippen molar-refractivity contribution in [3.8, 4) is 11.6 Å². The van der Waals surface area contributed by atoms with Crippen molar-refractivity contribution in [2.75, 3.05) is 5.32 Å². The van der Waals surface area contributed by atoms with Gasteiger partial charge in [-0.05, 0) is 42.0 Å². The first-order chi connectivity index (χ1) is 14.4. The molecule has 1 aromatic heterocycles. The number of nitrogens with zero attached hydrogens (tertiary/aromatic N) is 1. The molecule has 0 aliphatic rings. The molecule has 0 bridgehead atoms. The van der Waals surface area contributed by atoms with E-state index < -0.39 is 0 Å². The van der Waals surface area contributed by atoms with Crippen LogP contribution in [-0.4, -0.2) is 16.8 Å². The second kappa shape index (κ2) is 10.0. The first-order valence-electron chi connectivity index (χ1n) is 9.48. The second-order valence-electron chi connectivity index (χ2n) is 6.97. The van der Waals surface area contributed by atoms with Crippen LogP contribution < -0.4 is 15.4 Å². The van der Waals surface area contributed by atoms with Crippen molar-refractivity contribution in [1.29, 1.82) is 0 Å². The van der Waals surface area contributed by atoms with Gasteiger partial charge in [0.25, 0.3) is 5.91 Å². The molecule has 0 aliphatic carbocycles. The van der Waals surface area contributed by atoms with Gasteiger partial charge in [-0.3, -0.25) is 9.59 Å². The van der Waals surface area contributed by atoms with E-state index in [4.69, 9.17) is 4.74 Å². The summed E-state index contributed by atoms with van der Waals surface area (Å²) in [4.78, 5) is 28.3. The average Bonchev–Trinajstić information content (AvgIpc) is 2.73. The third-order valence-corrected chi connectivity index (χ3v) is 4.71. The highest BCUT2D eigenvalue weighted by atomic mass is 79.9. The summed E-state index contributed by atoms with van der Waals surface area (Å²) in [6.07, 6.45) is 1.48. The Morgan fingerprint density at radius 1 is 1.07 bits per heavy atom. The molecule has 0 fully saturated rings. The quantitative estimate of drug-likeness (QED) is 0.502. The SMILES string of the molecule is CC(C)C(=O)Nc1ccc(CNC(=O)c2ccc(Oc3cccc(Br)c3)nc2)cc1. The van der Waals surface area contributed by atoms with Crippen LogP contribution in [0.2, 0.25) is 0 Å². The summed E-state index contributed by atoms with van der Waals surface area (Å²) >= 11 is 3.39. The van der Waals surface area contributed by atoms with Crippen LogP contribution >= 0.6 is 15.9 Å². The molecule has 0 aliphatic heterocycles. The number of aromatic nitrogens is 1. The number of hydrogen-bond donors (Lipinski definition) is 2. The van der Waals surface area contributed by atoms with E-state index in [-0.39, 0.29) is 17.7 Å². The minimum atomic E-state index is -0.228. The van der Waals surface area contributed by atoms with Gasteiger partial charge in [-0.1, -0.05) is 48.0 Å². The molecule has 154 valence electrons. The maximum absolute atomic E-state index is 12.4. The highest BCUT2D eigenvalue weighted by molar-refractivity contribution is 9.10. The van der Waals surface area contributed by atoms with E-state index in [2.05, 4.69) is 31.5 Å². The van der Waals surface area contributed by atoms with Crippen molar-refractivity contribution in [2.24, 2.45) is 5.92 Å². The Kier molecular flexibility index (Phi) is 7.19. The smallest absolute Gasteiger partial charge is 0.253 e. The first-order valence-corrected chi connectivity index (χ1v) is 10.3. The molecule has 0 radical (unpaired) electrons. The van der Waals surface area contributed by atoms with Crippen LogP contribution in [0.4, 0.5) is 5.69 Å². The summed E-state index contributed by atoms with van der Waals surface area (Å²) < 4.78 is 6.58. The molecule has 3 aromatic rings. The number of benzene rings is 2. The summed E-state index contributed by atoms with van der Waals surface area (Å²) in [5, 5.41) is 5.69. The number of pyridine rings is 1. The van der Waals surface area contributed by atoms with Crippen molar-refractivity contribution in [1.82, 2.24) is 10.3 Å². The Hall–Kier alpha value is -3.19.